The summed E-state index contributed by atoms with van der Waals surface area (Å²) in [4.78, 5) is 0. The maximum Gasteiger partial charge on any atom is 0.322 e. The summed E-state index contributed by atoms with van der Waals surface area (Å²) in [7, 11) is -2.28. The van der Waals surface area contributed by atoms with E-state index in [-0.39, 0.29) is 5.82 Å². The van der Waals surface area contributed by atoms with Crippen molar-refractivity contribution in [1.29, 1.82) is 0 Å². The first kappa shape index (κ1) is 15.9. The fourth-order valence-corrected chi connectivity index (χ4v) is 2.99. The first-order chi connectivity index (χ1) is 11.6. The van der Waals surface area contributed by atoms with E-state index in [2.05, 4.69) is 14.6 Å². The monoisotopic (exact) mass is 345 g/mol. The lowest BCUT2D eigenvalue weighted by molar-refractivity contribution is 0.407. The molecule has 1 heterocycles. The van der Waals surface area contributed by atoms with Crippen LogP contribution < -0.4 is 14.2 Å². The van der Waals surface area contributed by atoms with Crippen LogP contribution >= 0.6 is 0 Å². The average molecular weight is 345 g/mol. The summed E-state index contributed by atoms with van der Waals surface area (Å²) in [5.74, 6) is 1.06. The van der Waals surface area contributed by atoms with E-state index in [0.717, 1.165) is 0 Å². The van der Waals surface area contributed by atoms with Crippen molar-refractivity contribution in [1.82, 2.24) is 5.16 Å². The number of para-hydroxylation sites is 2. The van der Waals surface area contributed by atoms with Gasteiger partial charge in [0.15, 0.2) is 11.6 Å². The number of methoxy groups -OCH3 is 1. The average Bonchev–Trinajstić information content (AvgIpc) is 3.02. The number of anilines is 2. The van der Waals surface area contributed by atoms with Gasteiger partial charge in [-0.1, -0.05) is 35.5 Å². The van der Waals surface area contributed by atoms with Crippen LogP contribution in [0.15, 0.2) is 65.2 Å². The lowest BCUT2D eigenvalue weighted by Crippen LogP contribution is -2.21. The third-order valence-electron chi connectivity index (χ3n) is 3.15. The Balaban J connectivity index is 1.79. The van der Waals surface area contributed by atoms with E-state index >= 15 is 0 Å². The topological polar surface area (TPSA) is 93.5 Å². The van der Waals surface area contributed by atoms with Crippen LogP contribution in [-0.4, -0.2) is 20.7 Å². The SMILES string of the molecule is COc1ccccc1-c1cc(NS(=O)(=O)Nc2ccccc2)no1. The highest BCUT2D eigenvalue weighted by atomic mass is 32.2. The van der Waals surface area contributed by atoms with E-state index in [4.69, 9.17) is 9.26 Å². The minimum atomic E-state index is -3.83. The molecule has 0 radical (unpaired) electrons. The van der Waals surface area contributed by atoms with Gasteiger partial charge in [0.2, 0.25) is 0 Å². The molecule has 2 N–H and O–H groups in total. The molecule has 0 saturated heterocycles. The quantitative estimate of drug-likeness (QED) is 0.716. The van der Waals surface area contributed by atoms with E-state index in [1.54, 1.807) is 49.6 Å². The minimum Gasteiger partial charge on any atom is -0.496 e. The van der Waals surface area contributed by atoms with Gasteiger partial charge in [0, 0.05) is 6.07 Å². The van der Waals surface area contributed by atoms with Crippen molar-refractivity contribution in [2.45, 2.75) is 0 Å². The number of benzene rings is 2. The normalized spacial score (nSPS) is 11.0. The summed E-state index contributed by atoms with van der Waals surface area (Å²) >= 11 is 0. The van der Waals surface area contributed by atoms with Crippen molar-refractivity contribution in [2.75, 3.05) is 16.6 Å². The molecular formula is C16H15N3O4S. The van der Waals surface area contributed by atoms with Crippen LogP contribution in [0.3, 0.4) is 0 Å². The van der Waals surface area contributed by atoms with E-state index < -0.39 is 10.2 Å². The van der Waals surface area contributed by atoms with Crippen molar-refractivity contribution < 1.29 is 17.7 Å². The largest absolute Gasteiger partial charge is 0.496 e. The summed E-state index contributed by atoms with van der Waals surface area (Å²) in [6.45, 7) is 0. The standard InChI is InChI=1S/C16H15N3O4S/c1-22-14-10-6-5-9-13(14)15-11-16(17-23-15)19-24(20,21)18-12-7-3-2-4-8-12/h2-11,18H,1H3,(H,17,19). The zero-order chi connectivity index (χ0) is 17.0. The second kappa shape index (κ2) is 6.63. The number of hydrogen-bond donors (Lipinski definition) is 2. The Hall–Kier alpha value is -3.00. The van der Waals surface area contributed by atoms with Crippen LogP contribution in [0, 0.1) is 0 Å². The van der Waals surface area contributed by atoms with Crippen molar-refractivity contribution in [2.24, 2.45) is 0 Å². The Kier molecular flexibility index (Phi) is 4.39. The third-order valence-corrected chi connectivity index (χ3v) is 4.13. The first-order valence-corrected chi connectivity index (χ1v) is 8.51. The van der Waals surface area contributed by atoms with Crippen LogP contribution in [0.1, 0.15) is 0 Å². The molecule has 7 nitrogen and oxygen atoms in total. The van der Waals surface area contributed by atoms with Crippen LogP contribution in [0.2, 0.25) is 0 Å². The van der Waals surface area contributed by atoms with Crippen molar-refractivity contribution >= 4 is 21.7 Å². The Bertz CT molecular complexity index is 923. The molecular weight excluding hydrogens is 330 g/mol. The number of rotatable bonds is 6. The van der Waals surface area contributed by atoms with E-state index in [1.807, 2.05) is 12.1 Å². The van der Waals surface area contributed by atoms with Crippen molar-refractivity contribution in [3.05, 3.63) is 60.7 Å². The molecule has 0 bridgehead atoms. The minimum absolute atomic E-state index is 0.0688. The summed E-state index contributed by atoms with van der Waals surface area (Å²) in [5.41, 5.74) is 1.12. The lowest BCUT2D eigenvalue weighted by Gasteiger charge is -2.07. The lowest BCUT2D eigenvalue weighted by atomic mass is 10.1. The number of nitrogens with zero attached hydrogens (tertiary/aromatic N) is 1. The highest BCUT2D eigenvalue weighted by Crippen LogP contribution is 2.31. The molecule has 1 aromatic heterocycles. The van der Waals surface area contributed by atoms with Gasteiger partial charge >= 0.3 is 10.2 Å². The Morgan fingerprint density at radius 3 is 2.46 bits per heavy atom. The molecule has 0 aliphatic carbocycles. The molecule has 24 heavy (non-hydrogen) atoms. The van der Waals surface area contributed by atoms with E-state index in [0.29, 0.717) is 22.8 Å². The molecule has 124 valence electrons. The molecule has 0 atom stereocenters. The molecule has 0 saturated carbocycles. The summed E-state index contributed by atoms with van der Waals surface area (Å²) in [6.07, 6.45) is 0. The van der Waals surface area contributed by atoms with Crippen molar-refractivity contribution in [3.8, 4) is 17.1 Å². The highest BCUT2D eigenvalue weighted by Gasteiger charge is 2.16. The molecule has 0 amide bonds. The van der Waals surface area contributed by atoms with Gasteiger partial charge in [0.25, 0.3) is 0 Å². The van der Waals surface area contributed by atoms with Gasteiger partial charge in [-0.15, -0.1) is 0 Å². The third kappa shape index (κ3) is 3.66. The van der Waals surface area contributed by atoms with E-state index in [9.17, 15) is 8.42 Å². The van der Waals surface area contributed by atoms with Crippen LogP contribution in [0.4, 0.5) is 11.5 Å². The Morgan fingerprint density at radius 1 is 1.00 bits per heavy atom. The first-order valence-electron chi connectivity index (χ1n) is 7.03. The fourth-order valence-electron chi connectivity index (χ4n) is 2.12. The number of ether oxygens (including phenoxy) is 1. The molecule has 0 unspecified atom stereocenters. The Labute approximate surface area is 139 Å². The van der Waals surface area contributed by atoms with Gasteiger partial charge in [0.1, 0.15) is 5.75 Å². The van der Waals surface area contributed by atoms with Crippen LogP contribution in [-0.2, 0) is 10.2 Å². The highest BCUT2D eigenvalue weighted by molar-refractivity contribution is 7.94. The molecule has 0 spiro atoms. The molecule has 3 aromatic rings. The van der Waals surface area contributed by atoms with Crippen molar-refractivity contribution in [3.63, 3.8) is 0 Å². The van der Waals surface area contributed by atoms with Gasteiger partial charge in [-0.25, -0.2) is 4.72 Å². The van der Waals surface area contributed by atoms with Gasteiger partial charge in [-0.05, 0) is 24.3 Å². The molecule has 2 aromatic carbocycles. The molecule has 0 aliphatic rings. The predicted octanol–water partition coefficient (Wildman–Crippen LogP) is 3.12. The molecule has 3 rings (SSSR count). The molecule has 0 aliphatic heterocycles. The Morgan fingerprint density at radius 2 is 1.71 bits per heavy atom. The molecule has 8 heteroatoms. The predicted molar refractivity (Wildman–Crippen MR) is 91.1 cm³/mol. The second-order valence-corrected chi connectivity index (χ2v) is 6.27. The van der Waals surface area contributed by atoms with Gasteiger partial charge in [-0.2, -0.15) is 8.42 Å². The van der Waals surface area contributed by atoms with Crippen LogP contribution in [0.25, 0.3) is 11.3 Å². The molecule has 0 fully saturated rings. The van der Waals surface area contributed by atoms with E-state index in [1.165, 1.54) is 6.07 Å². The zero-order valence-electron chi connectivity index (χ0n) is 12.8. The number of aromatic nitrogens is 1. The summed E-state index contributed by atoms with van der Waals surface area (Å²) < 4.78 is 39.4. The maximum absolute atomic E-state index is 12.1. The number of hydrogen-bond acceptors (Lipinski definition) is 5. The zero-order valence-corrected chi connectivity index (χ0v) is 13.6. The van der Waals surface area contributed by atoms with Gasteiger partial charge in [0.05, 0.1) is 18.4 Å². The summed E-state index contributed by atoms with van der Waals surface area (Å²) in [5, 5.41) is 3.73. The fraction of sp³-hybridized carbons (Fsp3) is 0.0625. The summed E-state index contributed by atoms with van der Waals surface area (Å²) in [6, 6.07) is 17.2. The maximum atomic E-state index is 12.1. The second-order valence-electron chi connectivity index (χ2n) is 4.85. The van der Waals surface area contributed by atoms with Gasteiger partial charge in [-0.3, -0.25) is 4.72 Å². The number of nitrogens with one attached hydrogen (secondary N) is 2. The van der Waals surface area contributed by atoms with Crippen LogP contribution in [0.5, 0.6) is 5.75 Å². The van der Waals surface area contributed by atoms with Gasteiger partial charge < -0.3 is 9.26 Å². The smallest absolute Gasteiger partial charge is 0.322 e.